The van der Waals surface area contributed by atoms with E-state index in [0.717, 1.165) is 5.56 Å². The molecule has 0 aliphatic heterocycles. The molecule has 0 spiro atoms. The Morgan fingerprint density at radius 2 is 2.04 bits per heavy atom. The van der Waals surface area contributed by atoms with E-state index in [1.54, 1.807) is 44.3 Å². The molecule has 1 unspecified atom stereocenters. The molecule has 1 saturated carbocycles. The van der Waals surface area contributed by atoms with Crippen LogP contribution in [0.1, 0.15) is 25.8 Å². The first kappa shape index (κ1) is 16.9. The average Bonchev–Trinajstić information content (AvgIpc) is 3.14. The minimum Gasteiger partial charge on any atom is -0.480 e. The number of rotatable bonds is 5. The summed E-state index contributed by atoms with van der Waals surface area (Å²) in [7, 11) is 0. The van der Waals surface area contributed by atoms with Crippen molar-refractivity contribution in [3.8, 4) is 0 Å². The van der Waals surface area contributed by atoms with Crippen molar-refractivity contribution in [2.24, 2.45) is 10.8 Å². The van der Waals surface area contributed by atoms with Crippen LogP contribution in [0.3, 0.4) is 0 Å². The van der Waals surface area contributed by atoms with Gasteiger partial charge in [-0.2, -0.15) is 0 Å². The van der Waals surface area contributed by atoms with Crippen molar-refractivity contribution < 1.29 is 14.7 Å². The van der Waals surface area contributed by atoms with Crippen LogP contribution >= 0.6 is 0 Å². The van der Waals surface area contributed by atoms with Crippen molar-refractivity contribution in [3.63, 3.8) is 0 Å². The normalized spacial score (nSPS) is 20.7. The summed E-state index contributed by atoms with van der Waals surface area (Å²) in [4.78, 5) is 39.5. The number of hydrogen-bond donors (Lipinski definition) is 2. The Bertz CT molecular complexity index is 903. The van der Waals surface area contributed by atoms with E-state index in [1.165, 1.54) is 10.8 Å². The number of benzene rings is 1. The third kappa shape index (κ3) is 2.93. The zero-order chi connectivity index (χ0) is 18.2. The van der Waals surface area contributed by atoms with Crippen molar-refractivity contribution in [1.82, 2.24) is 9.55 Å². The second-order valence-electron chi connectivity index (χ2n) is 6.96. The molecule has 1 aromatic carbocycles. The number of hydrogen-bond acceptors (Lipinski definition) is 4. The number of carbonyl (C=O) groups is 2. The maximum atomic E-state index is 12.5. The summed E-state index contributed by atoms with van der Waals surface area (Å²) in [5.41, 5.74) is -1.01. The topological polar surface area (TPSA) is 101 Å². The van der Waals surface area contributed by atoms with Crippen LogP contribution in [0.4, 0.5) is 5.69 Å². The molecule has 1 fully saturated rings. The molecule has 1 aliphatic carbocycles. The van der Waals surface area contributed by atoms with Gasteiger partial charge in [-0.15, -0.1) is 0 Å². The van der Waals surface area contributed by atoms with Crippen LogP contribution < -0.4 is 11.0 Å². The number of aromatic nitrogens is 2. The first-order chi connectivity index (χ1) is 11.8. The van der Waals surface area contributed by atoms with Gasteiger partial charge in [0, 0.05) is 18.1 Å². The number of carboxylic acids is 1. The number of amides is 1. The van der Waals surface area contributed by atoms with Crippen LogP contribution in [0.25, 0.3) is 0 Å². The lowest BCUT2D eigenvalue weighted by Crippen LogP contribution is -2.35. The predicted molar refractivity (Wildman–Crippen MR) is 91.1 cm³/mol. The molecular weight excluding hydrogens is 322 g/mol. The Kier molecular flexibility index (Phi) is 3.94. The smallest absolute Gasteiger partial charge is 0.347 e. The molecule has 2 aromatic rings. The maximum absolute atomic E-state index is 12.5. The van der Waals surface area contributed by atoms with Gasteiger partial charge in [0.1, 0.15) is 0 Å². The Balaban J connectivity index is 1.79. The average molecular weight is 341 g/mol. The van der Waals surface area contributed by atoms with Crippen molar-refractivity contribution in [2.45, 2.75) is 26.8 Å². The molecular formula is C18H19N3O4. The van der Waals surface area contributed by atoms with Gasteiger partial charge < -0.3 is 10.4 Å². The van der Waals surface area contributed by atoms with Gasteiger partial charge in [-0.3, -0.25) is 14.2 Å². The number of nitrogens with zero attached hydrogens (tertiary/aromatic N) is 2. The van der Waals surface area contributed by atoms with Crippen LogP contribution in [0, 0.1) is 10.8 Å². The molecule has 3 rings (SSSR count). The molecule has 0 bridgehead atoms. The second kappa shape index (κ2) is 5.84. The molecule has 25 heavy (non-hydrogen) atoms. The number of anilines is 1. The number of aliphatic carboxylic acids is 1. The first-order valence-electron chi connectivity index (χ1n) is 7.91. The quantitative estimate of drug-likeness (QED) is 0.807. The summed E-state index contributed by atoms with van der Waals surface area (Å²) >= 11 is 0. The third-order valence-corrected chi connectivity index (χ3v) is 4.81. The van der Waals surface area contributed by atoms with E-state index in [2.05, 4.69) is 10.3 Å². The standard InChI is InChI=1S/C18H19N3O4/c1-17(2)11-18(17,15(23)24)14(22)20-13-6-3-5-12(9-13)10-21-8-4-7-19-16(21)25/h3-9H,10-11H2,1-2H3,(H,20,22)(H,23,24). The molecule has 1 amide bonds. The lowest BCUT2D eigenvalue weighted by Gasteiger charge is -2.16. The van der Waals surface area contributed by atoms with Gasteiger partial charge in [0.15, 0.2) is 5.41 Å². The molecule has 1 aromatic heterocycles. The predicted octanol–water partition coefficient (Wildman–Crippen LogP) is 1.73. The lowest BCUT2D eigenvalue weighted by molar-refractivity contribution is -0.149. The molecule has 1 heterocycles. The van der Waals surface area contributed by atoms with Gasteiger partial charge in [0.2, 0.25) is 5.91 Å². The molecule has 7 heteroatoms. The van der Waals surface area contributed by atoms with Gasteiger partial charge in [-0.05, 0) is 35.6 Å². The molecule has 0 saturated heterocycles. The van der Waals surface area contributed by atoms with Crippen LogP contribution in [-0.4, -0.2) is 26.5 Å². The molecule has 1 atom stereocenters. The third-order valence-electron chi connectivity index (χ3n) is 4.81. The van der Waals surface area contributed by atoms with Crippen molar-refractivity contribution in [1.29, 1.82) is 0 Å². The zero-order valence-corrected chi connectivity index (χ0v) is 14.0. The molecule has 2 N–H and O–H groups in total. The summed E-state index contributed by atoms with van der Waals surface area (Å²) in [6, 6.07) is 8.65. The highest BCUT2D eigenvalue weighted by Gasteiger charge is 2.72. The van der Waals surface area contributed by atoms with Gasteiger partial charge in [-0.1, -0.05) is 26.0 Å². The van der Waals surface area contributed by atoms with Gasteiger partial charge in [0.05, 0.1) is 6.54 Å². The van der Waals surface area contributed by atoms with E-state index in [4.69, 9.17) is 0 Å². The van der Waals surface area contributed by atoms with Crippen molar-refractivity contribution >= 4 is 17.6 Å². The first-order valence-corrected chi connectivity index (χ1v) is 7.91. The van der Waals surface area contributed by atoms with E-state index < -0.39 is 22.7 Å². The largest absolute Gasteiger partial charge is 0.480 e. The van der Waals surface area contributed by atoms with E-state index in [1.807, 2.05) is 6.07 Å². The van der Waals surface area contributed by atoms with Gasteiger partial charge in [0.25, 0.3) is 0 Å². The Labute approximate surface area is 144 Å². The highest BCUT2D eigenvalue weighted by atomic mass is 16.4. The Hall–Kier alpha value is -2.96. The fourth-order valence-corrected chi connectivity index (χ4v) is 3.16. The maximum Gasteiger partial charge on any atom is 0.347 e. The van der Waals surface area contributed by atoms with E-state index in [0.29, 0.717) is 18.7 Å². The summed E-state index contributed by atoms with van der Waals surface area (Å²) in [5, 5.41) is 12.2. The minimum atomic E-state index is -1.39. The number of nitrogens with one attached hydrogen (secondary N) is 1. The molecule has 1 aliphatic rings. The SMILES string of the molecule is CC1(C)CC1(C(=O)O)C(=O)Nc1cccc(Cn2cccnc2=O)c1. The van der Waals surface area contributed by atoms with Crippen LogP contribution in [-0.2, 0) is 16.1 Å². The zero-order valence-electron chi connectivity index (χ0n) is 14.0. The Morgan fingerprint density at radius 3 is 2.64 bits per heavy atom. The van der Waals surface area contributed by atoms with Crippen LogP contribution in [0.5, 0.6) is 0 Å². The van der Waals surface area contributed by atoms with Gasteiger partial charge in [-0.25, -0.2) is 9.78 Å². The van der Waals surface area contributed by atoms with Crippen LogP contribution in [0.15, 0.2) is 47.5 Å². The van der Waals surface area contributed by atoms with Crippen LogP contribution in [0.2, 0.25) is 0 Å². The summed E-state index contributed by atoms with van der Waals surface area (Å²) < 4.78 is 1.45. The monoisotopic (exact) mass is 341 g/mol. The minimum absolute atomic E-state index is 0.311. The highest BCUT2D eigenvalue weighted by Crippen LogP contribution is 2.64. The van der Waals surface area contributed by atoms with Crippen molar-refractivity contribution in [3.05, 3.63) is 58.8 Å². The van der Waals surface area contributed by atoms with E-state index in [-0.39, 0.29) is 5.69 Å². The Morgan fingerprint density at radius 1 is 1.32 bits per heavy atom. The molecule has 7 nitrogen and oxygen atoms in total. The highest BCUT2D eigenvalue weighted by molar-refractivity contribution is 6.12. The summed E-state index contributed by atoms with van der Waals surface area (Å²) in [5.74, 6) is -1.62. The molecule has 130 valence electrons. The van der Waals surface area contributed by atoms with Crippen molar-refractivity contribution in [2.75, 3.05) is 5.32 Å². The van der Waals surface area contributed by atoms with E-state index >= 15 is 0 Å². The summed E-state index contributed by atoms with van der Waals surface area (Å²) in [6.07, 6.45) is 3.37. The number of carboxylic acid groups (broad SMARTS) is 1. The number of carbonyl (C=O) groups excluding carboxylic acids is 1. The van der Waals surface area contributed by atoms with E-state index in [9.17, 15) is 19.5 Å². The fourth-order valence-electron chi connectivity index (χ4n) is 3.16. The molecule has 0 radical (unpaired) electrons. The lowest BCUT2D eigenvalue weighted by atomic mass is 9.95. The second-order valence-corrected chi connectivity index (χ2v) is 6.96. The fraction of sp³-hybridized carbons (Fsp3) is 0.333. The van der Waals surface area contributed by atoms with Gasteiger partial charge >= 0.3 is 11.7 Å². The summed E-state index contributed by atoms with van der Waals surface area (Å²) in [6.45, 7) is 3.85.